The summed E-state index contributed by atoms with van der Waals surface area (Å²) in [6, 6.07) is 9.29. The summed E-state index contributed by atoms with van der Waals surface area (Å²) in [5.41, 5.74) is 0.622. The number of ether oxygens (including phenoxy) is 1. The first-order valence-electron chi connectivity index (χ1n) is 7.96. The Morgan fingerprint density at radius 1 is 1.08 bits per heavy atom. The predicted octanol–water partition coefficient (Wildman–Crippen LogP) is 1.41. The number of nitrogens with one attached hydrogen (secondary N) is 1. The quantitative estimate of drug-likeness (QED) is 0.620. The van der Waals surface area contributed by atoms with Crippen molar-refractivity contribution in [3.05, 3.63) is 54.0 Å². The van der Waals surface area contributed by atoms with Crippen LogP contribution in [0.15, 0.2) is 47.1 Å². The summed E-state index contributed by atoms with van der Waals surface area (Å²) < 4.78 is 10.0. The summed E-state index contributed by atoms with van der Waals surface area (Å²) >= 11 is 0. The van der Waals surface area contributed by atoms with Crippen LogP contribution < -0.4 is 10.2 Å². The minimum absolute atomic E-state index is 0.190. The lowest BCUT2D eigenvalue weighted by atomic mass is 10.2. The van der Waals surface area contributed by atoms with Gasteiger partial charge in [0.2, 0.25) is 11.8 Å². The van der Waals surface area contributed by atoms with Crippen LogP contribution in [0.3, 0.4) is 0 Å². The SMILES string of the molecule is O=C(COC(=O)c1ccc(N2C(=O)CCC2=O)cc1)NCc1ccco1. The molecule has 0 bridgehead atoms. The molecular weight excluding hydrogens is 340 g/mol. The van der Waals surface area contributed by atoms with E-state index in [1.54, 1.807) is 12.1 Å². The molecule has 8 nitrogen and oxygen atoms in total. The fourth-order valence-corrected chi connectivity index (χ4v) is 2.48. The van der Waals surface area contributed by atoms with Crippen molar-refractivity contribution in [3.63, 3.8) is 0 Å². The number of furan rings is 1. The van der Waals surface area contributed by atoms with Gasteiger partial charge in [0.1, 0.15) is 5.76 Å². The first-order valence-corrected chi connectivity index (χ1v) is 7.96. The third-order valence-electron chi connectivity index (χ3n) is 3.79. The van der Waals surface area contributed by atoms with Crippen LogP contribution >= 0.6 is 0 Å². The zero-order valence-electron chi connectivity index (χ0n) is 13.8. The Balaban J connectivity index is 1.51. The van der Waals surface area contributed by atoms with Crippen LogP contribution in [-0.2, 0) is 25.7 Å². The van der Waals surface area contributed by atoms with Crippen LogP contribution in [-0.4, -0.2) is 30.3 Å². The van der Waals surface area contributed by atoms with Crippen LogP contribution in [0.5, 0.6) is 0 Å². The Morgan fingerprint density at radius 2 is 1.77 bits per heavy atom. The number of esters is 1. The van der Waals surface area contributed by atoms with Crippen molar-refractivity contribution in [1.82, 2.24) is 5.32 Å². The predicted molar refractivity (Wildman–Crippen MR) is 89.0 cm³/mol. The first-order chi connectivity index (χ1) is 12.5. The van der Waals surface area contributed by atoms with E-state index in [1.807, 2.05) is 0 Å². The van der Waals surface area contributed by atoms with Gasteiger partial charge in [0, 0.05) is 12.8 Å². The molecule has 0 saturated carbocycles. The van der Waals surface area contributed by atoms with E-state index in [0.29, 0.717) is 11.4 Å². The third kappa shape index (κ3) is 3.97. The molecule has 1 aromatic heterocycles. The molecule has 134 valence electrons. The van der Waals surface area contributed by atoms with Crippen LogP contribution in [0.1, 0.15) is 29.0 Å². The molecule has 0 radical (unpaired) electrons. The molecule has 0 spiro atoms. The molecule has 3 rings (SSSR count). The zero-order chi connectivity index (χ0) is 18.5. The number of hydrogen-bond donors (Lipinski definition) is 1. The highest BCUT2D eigenvalue weighted by atomic mass is 16.5. The van der Waals surface area contributed by atoms with Crippen LogP contribution in [0.4, 0.5) is 5.69 Å². The van der Waals surface area contributed by atoms with E-state index in [9.17, 15) is 19.2 Å². The molecule has 1 fully saturated rings. The van der Waals surface area contributed by atoms with E-state index >= 15 is 0 Å². The number of rotatable bonds is 6. The van der Waals surface area contributed by atoms with Crippen molar-refractivity contribution in [2.24, 2.45) is 0 Å². The van der Waals surface area contributed by atoms with E-state index in [1.165, 1.54) is 30.5 Å². The average molecular weight is 356 g/mol. The monoisotopic (exact) mass is 356 g/mol. The lowest BCUT2D eigenvalue weighted by Crippen LogP contribution is -2.29. The largest absolute Gasteiger partial charge is 0.467 e. The fourth-order valence-electron chi connectivity index (χ4n) is 2.48. The van der Waals surface area contributed by atoms with Crippen LogP contribution in [0, 0.1) is 0 Å². The van der Waals surface area contributed by atoms with E-state index < -0.39 is 18.5 Å². The number of nitrogens with zero attached hydrogens (tertiary/aromatic N) is 1. The molecular formula is C18H16N2O6. The maximum Gasteiger partial charge on any atom is 0.338 e. The van der Waals surface area contributed by atoms with E-state index in [4.69, 9.17) is 9.15 Å². The summed E-state index contributed by atoms with van der Waals surface area (Å²) in [6.45, 7) is -0.222. The van der Waals surface area contributed by atoms with Gasteiger partial charge in [-0.05, 0) is 36.4 Å². The smallest absolute Gasteiger partial charge is 0.338 e. The summed E-state index contributed by atoms with van der Waals surface area (Å²) in [5, 5.41) is 2.56. The second-order valence-corrected chi connectivity index (χ2v) is 5.60. The Morgan fingerprint density at radius 3 is 2.38 bits per heavy atom. The molecule has 0 aliphatic carbocycles. The molecule has 1 saturated heterocycles. The van der Waals surface area contributed by atoms with Gasteiger partial charge in [0.05, 0.1) is 24.1 Å². The number of anilines is 1. The standard InChI is InChI=1S/C18H16N2O6/c21-15(19-10-14-2-1-9-25-14)11-26-18(24)12-3-5-13(6-4-12)20-16(22)7-8-17(20)23/h1-6,9H,7-8,10-11H2,(H,19,21). The fraction of sp³-hybridized carbons (Fsp3) is 0.222. The van der Waals surface area contributed by atoms with Gasteiger partial charge in [-0.2, -0.15) is 0 Å². The van der Waals surface area contributed by atoms with Crippen molar-refractivity contribution in [1.29, 1.82) is 0 Å². The van der Waals surface area contributed by atoms with Crippen LogP contribution in [0.2, 0.25) is 0 Å². The summed E-state index contributed by atoms with van der Waals surface area (Å²) in [6.07, 6.45) is 1.87. The number of benzene rings is 1. The normalized spacial score (nSPS) is 13.8. The molecule has 26 heavy (non-hydrogen) atoms. The van der Waals surface area contributed by atoms with Crippen molar-refractivity contribution in [2.45, 2.75) is 19.4 Å². The van der Waals surface area contributed by atoms with Gasteiger partial charge in [-0.25, -0.2) is 4.79 Å². The molecule has 8 heteroatoms. The Hall–Kier alpha value is -3.42. The summed E-state index contributed by atoms with van der Waals surface area (Å²) in [7, 11) is 0. The minimum atomic E-state index is -0.677. The topological polar surface area (TPSA) is 106 Å². The van der Waals surface area contributed by atoms with Crippen molar-refractivity contribution < 1.29 is 28.3 Å². The number of imide groups is 1. The number of amides is 3. The maximum atomic E-state index is 12.0. The average Bonchev–Trinajstić information content (AvgIpc) is 3.28. The molecule has 0 unspecified atom stereocenters. The van der Waals surface area contributed by atoms with Gasteiger partial charge >= 0.3 is 5.97 Å². The Labute approximate surface area is 148 Å². The Kier molecular flexibility index (Phi) is 5.12. The van der Waals surface area contributed by atoms with E-state index in [2.05, 4.69) is 5.32 Å². The van der Waals surface area contributed by atoms with Gasteiger partial charge in [0.15, 0.2) is 6.61 Å². The van der Waals surface area contributed by atoms with Crippen molar-refractivity contribution in [2.75, 3.05) is 11.5 Å². The summed E-state index contributed by atoms with van der Waals surface area (Å²) in [5.74, 6) is -1.08. The lowest BCUT2D eigenvalue weighted by molar-refractivity contribution is -0.124. The van der Waals surface area contributed by atoms with Gasteiger partial charge < -0.3 is 14.5 Å². The van der Waals surface area contributed by atoms with Gasteiger partial charge in [-0.3, -0.25) is 19.3 Å². The minimum Gasteiger partial charge on any atom is -0.467 e. The van der Waals surface area contributed by atoms with E-state index in [0.717, 1.165) is 4.90 Å². The molecule has 1 N–H and O–H groups in total. The highest BCUT2D eigenvalue weighted by molar-refractivity contribution is 6.19. The zero-order valence-corrected chi connectivity index (χ0v) is 13.8. The molecule has 1 aliphatic heterocycles. The molecule has 2 heterocycles. The maximum absolute atomic E-state index is 12.0. The van der Waals surface area contributed by atoms with Gasteiger partial charge in [0.25, 0.3) is 5.91 Å². The lowest BCUT2D eigenvalue weighted by Gasteiger charge is -2.14. The second kappa shape index (κ2) is 7.64. The highest BCUT2D eigenvalue weighted by Gasteiger charge is 2.30. The Bertz CT molecular complexity index is 810. The number of carbonyl (C=O) groups is 4. The highest BCUT2D eigenvalue weighted by Crippen LogP contribution is 2.22. The summed E-state index contributed by atoms with van der Waals surface area (Å²) in [4.78, 5) is 48.1. The first kappa shape index (κ1) is 17.4. The van der Waals surface area contributed by atoms with Gasteiger partial charge in [-0.1, -0.05) is 0 Å². The molecule has 3 amide bonds. The number of carbonyl (C=O) groups excluding carboxylic acids is 4. The molecule has 1 aromatic carbocycles. The third-order valence-corrected chi connectivity index (χ3v) is 3.79. The van der Waals surface area contributed by atoms with E-state index in [-0.39, 0.29) is 36.8 Å². The second-order valence-electron chi connectivity index (χ2n) is 5.60. The van der Waals surface area contributed by atoms with Crippen molar-refractivity contribution in [3.8, 4) is 0 Å². The molecule has 0 atom stereocenters. The molecule has 1 aliphatic rings. The molecule has 2 aromatic rings. The van der Waals surface area contributed by atoms with Crippen LogP contribution in [0.25, 0.3) is 0 Å². The van der Waals surface area contributed by atoms with Crippen molar-refractivity contribution >= 4 is 29.4 Å². The number of hydrogen-bond acceptors (Lipinski definition) is 6. The van der Waals surface area contributed by atoms with Gasteiger partial charge in [-0.15, -0.1) is 0 Å².